The average Bonchev–Trinajstić information content (AvgIpc) is 3.06. The second kappa shape index (κ2) is 7.00. The Bertz CT molecular complexity index is 855. The molecule has 1 unspecified atom stereocenters. The van der Waals surface area contributed by atoms with Crippen LogP contribution in [-0.4, -0.2) is 30.8 Å². The number of amides is 1. The van der Waals surface area contributed by atoms with Gasteiger partial charge in [-0.15, -0.1) is 0 Å². The maximum absolute atomic E-state index is 12.3. The molecule has 2 N–H and O–H groups in total. The number of hydrogen-bond donors (Lipinski definition) is 2. The minimum atomic E-state index is -0.361. The molecule has 0 aliphatic rings. The lowest BCUT2D eigenvalue weighted by Gasteiger charge is -2.11. The lowest BCUT2D eigenvalue weighted by atomic mass is 10.0. The number of nitrogens with one attached hydrogen (secondary N) is 2. The molecule has 1 heterocycles. The number of H-pyrrole nitrogens is 1. The number of aromatic amines is 1. The zero-order valence-electron chi connectivity index (χ0n) is 13.3. The van der Waals surface area contributed by atoms with Crippen molar-refractivity contribution < 1.29 is 14.3 Å². The van der Waals surface area contributed by atoms with Gasteiger partial charge in [0.2, 0.25) is 0 Å². The van der Waals surface area contributed by atoms with E-state index in [-0.39, 0.29) is 18.4 Å². The lowest BCUT2D eigenvalue weighted by molar-refractivity contribution is -0.108. The van der Waals surface area contributed by atoms with Gasteiger partial charge in [0.05, 0.1) is 13.0 Å². The first-order valence-electron chi connectivity index (χ1n) is 7.66. The highest BCUT2D eigenvalue weighted by Gasteiger charge is 2.14. The summed E-state index contributed by atoms with van der Waals surface area (Å²) in [5.74, 6) is 0.119. The Hall–Kier alpha value is -3.08. The average molecular weight is 322 g/mol. The largest absolute Gasteiger partial charge is 0.497 e. The molecule has 0 radical (unpaired) electrons. The van der Waals surface area contributed by atoms with Crippen LogP contribution in [0.15, 0.2) is 54.6 Å². The van der Waals surface area contributed by atoms with Gasteiger partial charge < -0.3 is 19.8 Å². The van der Waals surface area contributed by atoms with Crippen LogP contribution in [0.5, 0.6) is 5.75 Å². The molecule has 0 fully saturated rings. The first-order valence-corrected chi connectivity index (χ1v) is 7.66. The zero-order valence-corrected chi connectivity index (χ0v) is 13.3. The Labute approximate surface area is 139 Å². The molecule has 0 aliphatic carbocycles. The summed E-state index contributed by atoms with van der Waals surface area (Å²) >= 11 is 0. The Morgan fingerprint density at radius 2 is 2.00 bits per heavy atom. The Balaban J connectivity index is 1.71. The summed E-state index contributed by atoms with van der Waals surface area (Å²) in [6.07, 6.45) is 0.853. The van der Waals surface area contributed by atoms with Gasteiger partial charge in [0.25, 0.3) is 5.91 Å². The summed E-state index contributed by atoms with van der Waals surface area (Å²) in [6, 6.07) is 16.7. The fourth-order valence-electron chi connectivity index (χ4n) is 2.60. The number of methoxy groups -OCH3 is 1. The first kappa shape index (κ1) is 15.8. The van der Waals surface area contributed by atoms with E-state index in [0.717, 1.165) is 28.5 Å². The van der Waals surface area contributed by atoms with Crippen molar-refractivity contribution in [2.75, 3.05) is 13.7 Å². The normalized spacial score (nSPS) is 11.9. The van der Waals surface area contributed by atoms with Crippen LogP contribution >= 0.6 is 0 Å². The van der Waals surface area contributed by atoms with Crippen molar-refractivity contribution in [3.05, 3.63) is 65.9 Å². The summed E-state index contributed by atoms with van der Waals surface area (Å²) in [5.41, 5.74) is 2.17. The van der Waals surface area contributed by atoms with Crippen molar-refractivity contribution in [2.45, 2.75) is 5.92 Å². The molecule has 5 heteroatoms. The predicted molar refractivity (Wildman–Crippen MR) is 92.4 cm³/mol. The second-order valence-electron chi connectivity index (χ2n) is 5.50. The molecule has 0 spiro atoms. The zero-order chi connectivity index (χ0) is 16.9. The highest BCUT2D eigenvalue weighted by atomic mass is 16.5. The van der Waals surface area contributed by atoms with Crippen LogP contribution in [0.4, 0.5) is 0 Å². The molecule has 1 aromatic heterocycles. The minimum absolute atomic E-state index is 0.243. The van der Waals surface area contributed by atoms with Crippen LogP contribution in [0.1, 0.15) is 22.0 Å². The molecular weight excluding hydrogens is 304 g/mol. The topological polar surface area (TPSA) is 71.2 Å². The number of carbonyl (C=O) groups excluding carboxylic acids is 2. The Kier molecular flexibility index (Phi) is 4.61. The molecule has 24 heavy (non-hydrogen) atoms. The first-order chi connectivity index (χ1) is 11.7. The van der Waals surface area contributed by atoms with Gasteiger partial charge in [-0.05, 0) is 23.8 Å². The molecule has 5 nitrogen and oxygen atoms in total. The molecule has 0 bridgehead atoms. The van der Waals surface area contributed by atoms with Crippen LogP contribution in [0.2, 0.25) is 0 Å². The third-order valence-electron chi connectivity index (χ3n) is 3.95. The second-order valence-corrected chi connectivity index (χ2v) is 5.50. The van der Waals surface area contributed by atoms with Gasteiger partial charge in [-0.25, -0.2) is 0 Å². The van der Waals surface area contributed by atoms with Crippen LogP contribution < -0.4 is 10.1 Å². The van der Waals surface area contributed by atoms with Crippen molar-refractivity contribution in [3.63, 3.8) is 0 Å². The molecule has 0 aliphatic heterocycles. The molecule has 3 rings (SSSR count). The van der Waals surface area contributed by atoms with Crippen molar-refractivity contribution in [1.82, 2.24) is 10.3 Å². The number of aromatic nitrogens is 1. The summed E-state index contributed by atoms with van der Waals surface area (Å²) < 4.78 is 5.18. The van der Waals surface area contributed by atoms with E-state index in [0.29, 0.717) is 5.69 Å². The number of rotatable bonds is 6. The van der Waals surface area contributed by atoms with E-state index in [1.54, 1.807) is 13.2 Å². The fourth-order valence-corrected chi connectivity index (χ4v) is 2.60. The van der Waals surface area contributed by atoms with Crippen molar-refractivity contribution in [1.29, 1.82) is 0 Å². The summed E-state index contributed by atoms with van der Waals surface area (Å²) in [7, 11) is 1.60. The summed E-state index contributed by atoms with van der Waals surface area (Å²) in [5, 5.41) is 3.73. The third-order valence-corrected chi connectivity index (χ3v) is 3.95. The number of carbonyl (C=O) groups is 2. The highest BCUT2D eigenvalue weighted by molar-refractivity contribution is 5.98. The van der Waals surface area contributed by atoms with Gasteiger partial charge in [-0.3, -0.25) is 4.79 Å². The quantitative estimate of drug-likeness (QED) is 0.686. The third kappa shape index (κ3) is 3.30. The van der Waals surface area contributed by atoms with E-state index in [2.05, 4.69) is 10.3 Å². The number of hydrogen-bond acceptors (Lipinski definition) is 3. The van der Waals surface area contributed by atoms with Gasteiger partial charge in [0, 0.05) is 23.5 Å². The van der Waals surface area contributed by atoms with Gasteiger partial charge in [0.15, 0.2) is 0 Å². The summed E-state index contributed by atoms with van der Waals surface area (Å²) in [6.45, 7) is 0.255. The summed E-state index contributed by atoms with van der Waals surface area (Å²) in [4.78, 5) is 26.7. The lowest BCUT2D eigenvalue weighted by Crippen LogP contribution is -2.29. The molecule has 0 saturated heterocycles. The van der Waals surface area contributed by atoms with Crippen LogP contribution in [0.3, 0.4) is 0 Å². The number of aldehydes is 1. The number of fused-ring (bicyclic) bond motifs is 1. The van der Waals surface area contributed by atoms with E-state index in [1.165, 1.54) is 0 Å². The van der Waals surface area contributed by atoms with Gasteiger partial charge in [-0.1, -0.05) is 30.3 Å². The van der Waals surface area contributed by atoms with Crippen molar-refractivity contribution in [2.24, 2.45) is 0 Å². The van der Waals surface area contributed by atoms with E-state index in [1.807, 2.05) is 48.5 Å². The van der Waals surface area contributed by atoms with Gasteiger partial charge >= 0.3 is 0 Å². The number of benzene rings is 2. The maximum Gasteiger partial charge on any atom is 0.267 e. The Morgan fingerprint density at radius 3 is 2.71 bits per heavy atom. The monoisotopic (exact) mass is 322 g/mol. The van der Waals surface area contributed by atoms with Gasteiger partial charge in [0.1, 0.15) is 17.7 Å². The van der Waals surface area contributed by atoms with E-state index in [9.17, 15) is 9.59 Å². The van der Waals surface area contributed by atoms with E-state index in [4.69, 9.17) is 4.74 Å². The molecular formula is C19H18N2O3. The molecule has 2 aromatic carbocycles. The molecule has 1 atom stereocenters. The molecule has 3 aromatic rings. The molecule has 0 saturated carbocycles. The van der Waals surface area contributed by atoms with Crippen LogP contribution in [0, 0.1) is 0 Å². The predicted octanol–water partition coefficient (Wildman–Crippen LogP) is 2.89. The molecule has 1 amide bonds. The smallest absolute Gasteiger partial charge is 0.267 e. The van der Waals surface area contributed by atoms with Crippen molar-refractivity contribution >= 4 is 23.1 Å². The molecule has 122 valence electrons. The van der Waals surface area contributed by atoms with Crippen LogP contribution in [-0.2, 0) is 4.79 Å². The standard InChI is InChI=1S/C19H18N2O3/c1-24-16-8-7-14-9-18(21-17(14)10-16)19(23)20-11-15(12-22)13-5-3-2-4-6-13/h2-10,12,15,21H,11H2,1H3,(H,20,23). The number of ether oxygens (including phenoxy) is 1. The highest BCUT2D eigenvalue weighted by Crippen LogP contribution is 2.21. The SMILES string of the molecule is COc1ccc2cc(C(=O)NCC(C=O)c3ccccc3)[nH]c2c1. The van der Waals surface area contributed by atoms with Crippen LogP contribution in [0.25, 0.3) is 10.9 Å². The fraction of sp³-hybridized carbons (Fsp3) is 0.158. The van der Waals surface area contributed by atoms with E-state index >= 15 is 0 Å². The van der Waals surface area contributed by atoms with Gasteiger partial charge in [-0.2, -0.15) is 0 Å². The van der Waals surface area contributed by atoms with E-state index < -0.39 is 0 Å². The maximum atomic E-state index is 12.3. The Morgan fingerprint density at radius 1 is 1.21 bits per heavy atom. The minimum Gasteiger partial charge on any atom is -0.497 e. The van der Waals surface area contributed by atoms with Crippen molar-refractivity contribution in [3.8, 4) is 5.75 Å².